The minimum absolute atomic E-state index is 0.112. The summed E-state index contributed by atoms with van der Waals surface area (Å²) in [6.45, 7) is 8.78. The van der Waals surface area contributed by atoms with Crippen molar-refractivity contribution >= 4 is 5.91 Å². The highest BCUT2D eigenvalue weighted by atomic mass is 19.1. The normalized spacial score (nSPS) is 20.1. The summed E-state index contributed by atoms with van der Waals surface area (Å²) in [7, 11) is 0. The fourth-order valence-corrected chi connectivity index (χ4v) is 3.62. The van der Waals surface area contributed by atoms with E-state index in [-0.39, 0.29) is 29.6 Å². The van der Waals surface area contributed by atoms with Crippen LogP contribution in [-0.4, -0.2) is 51.7 Å². The van der Waals surface area contributed by atoms with Gasteiger partial charge in [0.2, 0.25) is 0 Å². The Bertz CT molecular complexity index is 1160. The number of rotatable bonds is 8. The quantitative estimate of drug-likeness (QED) is 0.501. The van der Waals surface area contributed by atoms with Crippen molar-refractivity contribution in [3.05, 3.63) is 48.2 Å². The van der Waals surface area contributed by atoms with Crippen molar-refractivity contribution in [2.24, 2.45) is 5.92 Å². The van der Waals surface area contributed by atoms with Gasteiger partial charge >= 0.3 is 11.8 Å². The molecule has 0 radical (unpaired) electrons. The second kappa shape index (κ2) is 10.5. The summed E-state index contributed by atoms with van der Waals surface area (Å²) in [5.41, 5.74) is 2.08. The summed E-state index contributed by atoms with van der Waals surface area (Å²) < 4.78 is 31.3. The van der Waals surface area contributed by atoms with Gasteiger partial charge in [0.05, 0.1) is 36.9 Å². The monoisotopic (exact) mass is 483 g/mol. The van der Waals surface area contributed by atoms with Crippen LogP contribution in [0.4, 0.5) is 4.39 Å². The Balaban J connectivity index is 1.85. The number of amides is 1. The fourth-order valence-electron chi connectivity index (χ4n) is 3.62. The van der Waals surface area contributed by atoms with Crippen LogP contribution in [-0.2, 0) is 20.1 Å². The van der Waals surface area contributed by atoms with E-state index < -0.39 is 11.7 Å². The summed E-state index contributed by atoms with van der Waals surface area (Å²) in [5, 5.41) is 2.87. The third-order valence-electron chi connectivity index (χ3n) is 5.32. The standard InChI is InChI=1S/C25H30FN5O4/c1-5-12-33-24-27-11-10-19(29-24)21-20(17-6-8-18(26)9-7-17)30-22(31-21)25(23(32)28-15(2)3)34-13-16(4)14-35-25/h6-11,15-16H,5,12-14H2,1-4H3,(H,28,32)(H,30,31). The van der Waals surface area contributed by atoms with Crippen LogP contribution in [0.15, 0.2) is 36.5 Å². The van der Waals surface area contributed by atoms with Crippen LogP contribution in [0.3, 0.4) is 0 Å². The zero-order chi connectivity index (χ0) is 25.0. The number of hydrogen-bond donors (Lipinski definition) is 2. The molecule has 3 aromatic rings. The zero-order valence-corrected chi connectivity index (χ0v) is 20.3. The summed E-state index contributed by atoms with van der Waals surface area (Å²) in [6.07, 6.45) is 2.39. The molecular weight excluding hydrogens is 453 g/mol. The Morgan fingerprint density at radius 2 is 1.94 bits per heavy atom. The molecule has 10 heteroatoms. The molecule has 0 unspecified atom stereocenters. The molecule has 0 aliphatic carbocycles. The topological polar surface area (TPSA) is 111 Å². The molecule has 9 nitrogen and oxygen atoms in total. The maximum absolute atomic E-state index is 13.7. The van der Waals surface area contributed by atoms with Gasteiger partial charge in [-0.1, -0.05) is 13.8 Å². The lowest BCUT2D eigenvalue weighted by Crippen LogP contribution is -2.54. The molecule has 0 saturated carbocycles. The van der Waals surface area contributed by atoms with Gasteiger partial charge < -0.3 is 24.5 Å². The van der Waals surface area contributed by atoms with Crippen molar-refractivity contribution in [3.63, 3.8) is 0 Å². The number of carbonyl (C=O) groups excluding carboxylic acids is 1. The Morgan fingerprint density at radius 1 is 1.23 bits per heavy atom. The van der Waals surface area contributed by atoms with Crippen LogP contribution in [0.5, 0.6) is 6.01 Å². The molecule has 4 rings (SSSR count). The van der Waals surface area contributed by atoms with Crippen LogP contribution < -0.4 is 10.1 Å². The molecule has 186 valence electrons. The van der Waals surface area contributed by atoms with E-state index in [0.717, 1.165) is 6.42 Å². The number of H-pyrrole nitrogens is 1. The lowest BCUT2D eigenvalue weighted by atomic mass is 10.1. The number of halogens is 1. The van der Waals surface area contributed by atoms with Crippen molar-refractivity contribution in [2.75, 3.05) is 19.8 Å². The second-order valence-electron chi connectivity index (χ2n) is 8.86. The van der Waals surface area contributed by atoms with Crippen LogP contribution in [0.1, 0.15) is 39.9 Å². The van der Waals surface area contributed by atoms with Crippen LogP contribution in [0, 0.1) is 11.7 Å². The molecule has 1 saturated heterocycles. The van der Waals surface area contributed by atoms with E-state index in [2.05, 4.69) is 20.3 Å². The van der Waals surface area contributed by atoms with E-state index in [0.29, 0.717) is 42.5 Å². The van der Waals surface area contributed by atoms with Gasteiger partial charge in [0.15, 0.2) is 5.82 Å². The van der Waals surface area contributed by atoms with Gasteiger partial charge in [-0.15, -0.1) is 0 Å². The highest BCUT2D eigenvalue weighted by molar-refractivity contribution is 5.86. The number of nitrogens with zero attached hydrogens (tertiary/aromatic N) is 3. The molecule has 1 aromatic carbocycles. The van der Waals surface area contributed by atoms with Crippen LogP contribution in [0.25, 0.3) is 22.6 Å². The summed E-state index contributed by atoms with van der Waals surface area (Å²) in [6, 6.07) is 7.70. The summed E-state index contributed by atoms with van der Waals surface area (Å²) in [5.74, 6) is -2.31. The van der Waals surface area contributed by atoms with Gasteiger partial charge in [0.25, 0.3) is 5.91 Å². The number of benzene rings is 1. The Hall–Kier alpha value is -3.37. The Kier molecular flexibility index (Phi) is 7.42. The van der Waals surface area contributed by atoms with Crippen molar-refractivity contribution < 1.29 is 23.4 Å². The second-order valence-corrected chi connectivity index (χ2v) is 8.86. The number of hydrogen-bond acceptors (Lipinski definition) is 7. The molecular formula is C25H30FN5O4. The maximum atomic E-state index is 13.7. The third-order valence-corrected chi connectivity index (χ3v) is 5.32. The molecule has 35 heavy (non-hydrogen) atoms. The number of carbonyl (C=O) groups is 1. The maximum Gasteiger partial charge on any atom is 0.316 e. The SMILES string of the molecule is CCCOc1nccc(-c2[nH]c(C3(C(=O)NC(C)C)OCC(C)CO3)nc2-c2ccc(F)cc2)n1. The largest absolute Gasteiger partial charge is 0.463 e. The van der Waals surface area contributed by atoms with E-state index in [1.165, 1.54) is 12.1 Å². The van der Waals surface area contributed by atoms with Gasteiger partial charge in [0.1, 0.15) is 5.82 Å². The van der Waals surface area contributed by atoms with E-state index in [4.69, 9.17) is 19.2 Å². The third kappa shape index (κ3) is 5.33. The van der Waals surface area contributed by atoms with Crippen LogP contribution >= 0.6 is 0 Å². The first-order chi connectivity index (χ1) is 16.8. The van der Waals surface area contributed by atoms with E-state index in [1.807, 2.05) is 27.7 Å². The summed E-state index contributed by atoms with van der Waals surface area (Å²) >= 11 is 0. The van der Waals surface area contributed by atoms with Gasteiger partial charge in [-0.2, -0.15) is 4.98 Å². The predicted octanol–water partition coefficient (Wildman–Crippen LogP) is 3.82. The molecule has 1 fully saturated rings. The predicted molar refractivity (Wildman–Crippen MR) is 127 cm³/mol. The van der Waals surface area contributed by atoms with E-state index >= 15 is 0 Å². The molecule has 1 aliphatic heterocycles. The lowest BCUT2D eigenvalue weighted by molar-refractivity contribution is -0.278. The minimum Gasteiger partial charge on any atom is -0.463 e. The fraction of sp³-hybridized carbons (Fsp3) is 0.440. The van der Waals surface area contributed by atoms with Gasteiger partial charge in [-0.05, 0) is 50.6 Å². The lowest BCUT2D eigenvalue weighted by Gasteiger charge is -2.36. The minimum atomic E-state index is -1.77. The number of aromatic nitrogens is 4. The molecule has 0 atom stereocenters. The number of ether oxygens (including phenoxy) is 3. The first-order valence-corrected chi connectivity index (χ1v) is 11.7. The highest BCUT2D eigenvalue weighted by Crippen LogP contribution is 2.37. The molecule has 2 aromatic heterocycles. The number of nitrogens with one attached hydrogen (secondary N) is 2. The van der Waals surface area contributed by atoms with E-state index in [1.54, 1.807) is 24.4 Å². The van der Waals surface area contributed by atoms with Crippen molar-refractivity contribution in [1.82, 2.24) is 25.3 Å². The molecule has 2 N–H and O–H groups in total. The Labute approximate surface area is 203 Å². The average Bonchev–Trinajstić information content (AvgIpc) is 3.29. The molecule has 3 heterocycles. The van der Waals surface area contributed by atoms with Crippen molar-refractivity contribution in [2.45, 2.75) is 45.9 Å². The zero-order valence-electron chi connectivity index (χ0n) is 20.3. The molecule has 0 bridgehead atoms. The van der Waals surface area contributed by atoms with Gasteiger partial charge in [-0.3, -0.25) is 4.79 Å². The first-order valence-electron chi connectivity index (χ1n) is 11.7. The van der Waals surface area contributed by atoms with Crippen molar-refractivity contribution in [1.29, 1.82) is 0 Å². The van der Waals surface area contributed by atoms with Gasteiger partial charge in [0, 0.05) is 23.7 Å². The summed E-state index contributed by atoms with van der Waals surface area (Å²) in [4.78, 5) is 30.0. The number of aromatic amines is 1. The molecule has 1 aliphatic rings. The van der Waals surface area contributed by atoms with E-state index in [9.17, 15) is 9.18 Å². The Morgan fingerprint density at radius 3 is 2.60 bits per heavy atom. The average molecular weight is 484 g/mol. The van der Waals surface area contributed by atoms with Gasteiger partial charge in [-0.25, -0.2) is 14.4 Å². The smallest absolute Gasteiger partial charge is 0.316 e. The number of imidazole rings is 1. The van der Waals surface area contributed by atoms with Crippen LogP contribution in [0.2, 0.25) is 0 Å². The molecule has 1 amide bonds. The molecule has 0 spiro atoms. The van der Waals surface area contributed by atoms with Crippen molar-refractivity contribution in [3.8, 4) is 28.7 Å². The highest BCUT2D eigenvalue weighted by Gasteiger charge is 2.49. The first kappa shape index (κ1) is 24.7.